The van der Waals surface area contributed by atoms with Crippen molar-refractivity contribution in [2.45, 2.75) is 31.6 Å². The fourth-order valence-corrected chi connectivity index (χ4v) is 3.65. The molecule has 0 saturated carbocycles. The fourth-order valence-electron chi connectivity index (χ4n) is 1.84. The Hall–Kier alpha value is -0.390. The first-order valence-electron chi connectivity index (χ1n) is 5.65. The third-order valence-corrected chi connectivity index (χ3v) is 5.80. The summed E-state index contributed by atoms with van der Waals surface area (Å²) in [6, 6.07) is 7.02. The third-order valence-electron chi connectivity index (χ3n) is 2.92. The lowest BCUT2D eigenvalue weighted by atomic mass is 10.0. The van der Waals surface area contributed by atoms with Crippen molar-refractivity contribution in [3.63, 3.8) is 0 Å². The molecule has 1 rings (SSSR count). The lowest BCUT2D eigenvalue weighted by Crippen LogP contribution is -2.34. The summed E-state index contributed by atoms with van der Waals surface area (Å²) in [5.41, 5.74) is 6.93. The average Bonchev–Trinajstić information content (AvgIpc) is 2.30. The second-order valence-electron chi connectivity index (χ2n) is 3.98. The van der Waals surface area contributed by atoms with E-state index in [2.05, 4.69) is 15.9 Å². The van der Waals surface area contributed by atoms with E-state index >= 15 is 0 Å². The van der Waals surface area contributed by atoms with Crippen molar-refractivity contribution in [2.75, 3.05) is 5.75 Å². The maximum atomic E-state index is 11.9. The molecule has 1 aromatic carbocycles. The van der Waals surface area contributed by atoms with Gasteiger partial charge in [-0.05, 0) is 24.1 Å². The predicted molar refractivity (Wildman–Crippen MR) is 74.6 cm³/mol. The van der Waals surface area contributed by atoms with E-state index in [0.717, 1.165) is 10.0 Å². The molecular formula is C12H18BrNO2S. The van der Waals surface area contributed by atoms with Crippen LogP contribution in [0.25, 0.3) is 0 Å². The highest BCUT2D eigenvalue weighted by Gasteiger charge is 2.29. The Bertz CT molecular complexity index is 456. The summed E-state index contributed by atoms with van der Waals surface area (Å²) in [6.45, 7) is 3.52. The molecule has 0 aromatic heterocycles. The molecule has 0 saturated heterocycles. The second kappa shape index (κ2) is 5.98. The minimum atomic E-state index is -3.10. The van der Waals surface area contributed by atoms with Gasteiger partial charge in [-0.3, -0.25) is 0 Å². The van der Waals surface area contributed by atoms with Gasteiger partial charge in [-0.1, -0.05) is 41.9 Å². The summed E-state index contributed by atoms with van der Waals surface area (Å²) in [5.74, 6) is 0.135. The molecule has 96 valence electrons. The van der Waals surface area contributed by atoms with Crippen molar-refractivity contribution >= 4 is 25.8 Å². The van der Waals surface area contributed by atoms with E-state index in [0.29, 0.717) is 6.42 Å². The van der Waals surface area contributed by atoms with Crippen LogP contribution in [-0.2, 0) is 9.84 Å². The van der Waals surface area contributed by atoms with E-state index in [1.807, 2.05) is 31.2 Å². The first kappa shape index (κ1) is 14.7. The minimum Gasteiger partial charge on any atom is -0.323 e. The van der Waals surface area contributed by atoms with Crippen LogP contribution in [0.1, 0.15) is 31.9 Å². The SMILES string of the molecule is CC[C@H]([C@@H](N)c1ccc(Br)cc1)S(=O)(=O)CC. The van der Waals surface area contributed by atoms with Crippen LogP contribution in [0.2, 0.25) is 0 Å². The number of nitrogens with two attached hydrogens (primary N) is 1. The maximum absolute atomic E-state index is 11.9. The number of hydrogen-bond acceptors (Lipinski definition) is 3. The van der Waals surface area contributed by atoms with Gasteiger partial charge in [-0.15, -0.1) is 0 Å². The first-order valence-corrected chi connectivity index (χ1v) is 8.15. The van der Waals surface area contributed by atoms with Crippen molar-refractivity contribution in [2.24, 2.45) is 5.73 Å². The van der Waals surface area contributed by atoms with E-state index < -0.39 is 21.1 Å². The maximum Gasteiger partial charge on any atom is 0.154 e. The smallest absolute Gasteiger partial charge is 0.154 e. The second-order valence-corrected chi connectivity index (χ2v) is 7.40. The monoisotopic (exact) mass is 319 g/mol. The van der Waals surface area contributed by atoms with Crippen LogP contribution in [0.4, 0.5) is 0 Å². The van der Waals surface area contributed by atoms with Crippen LogP contribution in [0.3, 0.4) is 0 Å². The van der Waals surface area contributed by atoms with Crippen LogP contribution >= 0.6 is 15.9 Å². The van der Waals surface area contributed by atoms with Crippen LogP contribution in [0, 0.1) is 0 Å². The van der Waals surface area contributed by atoms with E-state index in [4.69, 9.17) is 5.73 Å². The van der Waals surface area contributed by atoms with Crippen LogP contribution in [0.15, 0.2) is 28.7 Å². The summed E-state index contributed by atoms with van der Waals surface area (Å²) < 4.78 is 24.8. The molecule has 5 heteroatoms. The highest BCUT2D eigenvalue weighted by atomic mass is 79.9. The zero-order chi connectivity index (χ0) is 13.1. The Morgan fingerprint density at radius 2 is 1.76 bits per heavy atom. The topological polar surface area (TPSA) is 60.2 Å². The molecule has 17 heavy (non-hydrogen) atoms. The quantitative estimate of drug-likeness (QED) is 0.907. The van der Waals surface area contributed by atoms with Crippen molar-refractivity contribution < 1.29 is 8.42 Å². The largest absolute Gasteiger partial charge is 0.323 e. The summed E-state index contributed by atoms with van der Waals surface area (Å²) in [4.78, 5) is 0. The molecule has 0 unspecified atom stereocenters. The molecule has 0 aliphatic rings. The summed E-state index contributed by atoms with van der Waals surface area (Å²) in [5, 5.41) is -0.506. The summed E-state index contributed by atoms with van der Waals surface area (Å²) >= 11 is 3.34. The number of rotatable bonds is 5. The highest BCUT2D eigenvalue weighted by Crippen LogP contribution is 2.24. The zero-order valence-electron chi connectivity index (χ0n) is 10.1. The Morgan fingerprint density at radius 1 is 1.24 bits per heavy atom. The third kappa shape index (κ3) is 3.53. The van der Waals surface area contributed by atoms with E-state index in [-0.39, 0.29) is 5.75 Å². The Morgan fingerprint density at radius 3 is 2.18 bits per heavy atom. The molecule has 0 aliphatic heterocycles. The molecule has 0 fully saturated rings. The van der Waals surface area contributed by atoms with Gasteiger partial charge < -0.3 is 5.73 Å². The zero-order valence-corrected chi connectivity index (χ0v) is 12.5. The first-order chi connectivity index (χ1) is 7.92. The molecular weight excluding hydrogens is 302 g/mol. The standard InChI is InChI=1S/C12H18BrNO2S/c1-3-11(17(15,16)4-2)12(14)9-5-7-10(13)8-6-9/h5-8,11-12H,3-4,14H2,1-2H3/t11-,12+/m1/s1. The molecule has 0 amide bonds. The molecule has 3 nitrogen and oxygen atoms in total. The molecule has 2 N–H and O–H groups in total. The number of sulfone groups is 1. The number of hydrogen-bond donors (Lipinski definition) is 1. The van der Waals surface area contributed by atoms with Gasteiger partial charge in [-0.25, -0.2) is 8.42 Å². The fraction of sp³-hybridized carbons (Fsp3) is 0.500. The Labute approximate surface area is 111 Å². The molecule has 0 radical (unpaired) electrons. The molecule has 0 heterocycles. The highest BCUT2D eigenvalue weighted by molar-refractivity contribution is 9.10. The van der Waals surface area contributed by atoms with Crippen LogP contribution < -0.4 is 5.73 Å². The normalized spacial score (nSPS) is 15.5. The molecule has 0 bridgehead atoms. The summed E-state index contributed by atoms with van der Waals surface area (Å²) in [6.07, 6.45) is 0.535. The van der Waals surface area contributed by atoms with E-state index in [1.165, 1.54) is 0 Å². The lowest BCUT2D eigenvalue weighted by Gasteiger charge is -2.22. The number of benzene rings is 1. The van der Waals surface area contributed by atoms with Gasteiger partial charge in [0.15, 0.2) is 9.84 Å². The van der Waals surface area contributed by atoms with Crippen LogP contribution in [-0.4, -0.2) is 19.4 Å². The Balaban J connectivity index is 3.02. The van der Waals surface area contributed by atoms with Gasteiger partial charge >= 0.3 is 0 Å². The lowest BCUT2D eigenvalue weighted by molar-refractivity contribution is 0.549. The predicted octanol–water partition coefficient (Wildman–Crippen LogP) is 2.66. The molecule has 0 spiro atoms. The van der Waals surface area contributed by atoms with Crippen molar-refractivity contribution in [3.8, 4) is 0 Å². The molecule has 0 aliphatic carbocycles. The van der Waals surface area contributed by atoms with Crippen LogP contribution in [0.5, 0.6) is 0 Å². The minimum absolute atomic E-state index is 0.135. The Kier molecular flexibility index (Phi) is 5.16. The van der Waals surface area contributed by atoms with E-state index in [1.54, 1.807) is 6.92 Å². The van der Waals surface area contributed by atoms with Gasteiger partial charge in [-0.2, -0.15) is 0 Å². The molecule has 2 atom stereocenters. The average molecular weight is 320 g/mol. The van der Waals surface area contributed by atoms with Crippen molar-refractivity contribution in [1.29, 1.82) is 0 Å². The van der Waals surface area contributed by atoms with Gasteiger partial charge in [0.1, 0.15) is 0 Å². The van der Waals surface area contributed by atoms with Gasteiger partial charge in [0, 0.05) is 16.3 Å². The molecule has 1 aromatic rings. The van der Waals surface area contributed by atoms with Gasteiger partial charge in [0.05, 0.1) is 5.25 Å². The van der Waals surface area contributed by atoms with Crippen molar-refractivity contribution in [3.05, 3.63) is 34.3 Å². The van der Waals surface area contributed by atoms with Gasteiger partial charge in [0.2, 0.25) is 0 Å². The summed E-state index contributed by atoms with van der Waals surface area (Å²) in [7, 11) is -3.10. The van der Waals surface area contributed by atoms with E-state index in [9.17, 15) is 8.42 Å². The van der Waals surface area contributed by atoms with Crippen molar-refractivity contribution in [1.82, 2.24) is 0 Å². The van der Waals surface area contributed by atoms with Gasteiger partial charge in [0.25, 0.3) is 0 Å². The number of halogens is 1.